The van der Waals surface area contributed by atoms with Crippen molar-refractivity contribution in [3.05, 3.63) is 47.5 Å². The lowest BCUT2D eigenvalue weighted by Crippen LogP contribution is -2.54. The van der Waals surface area contributed by atoms with E-state index in [9.17, 15) is 20.1 Å². The van der Waals surface area contributed by atoms with Crippen LogP contribution in [0.1, 0.15) is 15.9 Å². The van der Waals surface area contributed by atoms with Crippen LogP contribution in [0.2, 0.25) is 0 Å². The van der Waals surface area contributed by atoms with Crippen molar-refractivity contribution in [2.45, 2.75) is 11.9 Å². The predicted octanol–water partition coefficient (Wildman–Crippen LogP) is 1.89. The molecule has 0 amide bonds. The number of methoxy groups -OCH3 is 2. The molecule has 7 heteroatoms. The molecule has 0 bridgehead atoms. The van der Waals surface area contributed by atoms with E-state index in [4.69, 9.17) is 14.2 Å². The van der Waals surface area contributed by atoms with Crippen LogP contribution in [0.15, 0.2) is 36.4 Å². The summed E-state index contributed by atoms with van der Waals surface area (Å²) in [5.74, 6) is -2.84. The maximum absolute atomic E-state index is 12.8. The van der Waals surface area contributed by atoms with Crippen molar-refractivity contribution < 1.29 is 34.3 Å². The third-order valence-electron chi connectivity index (χ3n) is 3.97. The minimum atomic E-state index is -1.63. The summed E-state index contributed by atoms with van der Waals surface area (Å²) in [6, 6.07) is 8.18. The van der Waals surface area contributed by atoms with E-state index in [-0.39, 0.29) is 22.8 Å². The molecule has 2 aromatic rings. The number of fused-ring (bicyclic) bond motifs is 1. The van der Waals surface area contributed by atoms with Crippen LogP contribution in [0, 0.1) is 0 Å². The summed E-state index contributed by atoms with van der Waals surface area (Å²) < 4.78 is 16.7. The fourth-order valence-corrected chi connectivity index (χ4v) is 2.87. The number of ketones is 1. The number of hydrogen-bond donors (Lipinski definition) is 3. The zero-order valence-electron chi connectivity index (χ0n) is 13.0. The molecule has 0 saturated heterocycles. The van der Waals surface area contributed by atoms with Gasteiger partial charge in [-0.15, -0.1) is 0 Å². The van der Waals surface area contributed by atoms with Gasteiger partial charge in [-0.1, -0.05) is 0 Å². The molecule has 0 spiro atoms. The summed E-state index contributed by atoms with van der Waals surface area (Å²) in [6.07, 6.45) is -1.20. The summed E-state index contributed by atoms with van der Waals surface area (Å²) in [4.78, 5) is 12.8. The highest BCUT2D eigenvalue weighted by Crippen LogP contribution is 2.46. The highest BCUT2D eigenvalue weighted by atomic mass is 16.7. The van der Waals surface area contributed by atoms with Gasteiger partial charge < -0.3 is 29.5 Å². The van der Waals surface area contributed by atoms with Crippen LogP contribution in [0.5, 0.6) is 23.0 Å². The topological polar surface area (TPSA) is 105 Å². The van der Waals surface area contributed by atoms with Crippen LogP contribution < -0.4 is 4.74 Å². The van der Waals surface area contributed by atoms with Gasteiger partial charge in [-0.3, -0.25) is 4.79 Å². The largest absolute Gasteiger partial charge is 0.508 e. The molecule has 2 atom stereocenters. The van der Waals surface area contributed by atoms with Crippen LogP contribution in [-0.4, -0.2) is 41.4 Å². The first-order valence-electron chi connectivity index (χ1n) is 7.09. The molecule has 1 heterocycles. The number of phenols is 3. The molecular weight excluding hydrogens is 316 g/mol. The Bertz CT molecular complexity index is 784. The highest BCUT2D eigenvalue weighted by Gasteiger charge is 2.53. The molecule has 0 aromatic heterocycles. The maximum Gasteiger partial charge on any atom is 0.271 e. The van der Waals surface area contributed by atoms with E-state index in [0.29, 0.717) is 5.56 Å². The van der Waals surface area contributed by atoms with Crippen molar-refractivity contribution in [3.8, 4) is 23.0 Å². The van der Waals surface area contributed by atoms with Crippen LogP contribution in [0.3, 0.4) is 0 Å². The lowest BCUT2D eigenvalue weighted by atomic mass is 9.89. The summed E-state index contributed by atoms with van der Waals surface area (Å²) in [5, 5.41) is 29.1. The first kappa shape index (κ1) is 16.1. The quantitative estimate of drug-likeness (QED) is 0.788. The Hall–Kier alpha value is -2.77. The Morgan fingerprint density at radius 3 is 2.29 bits per heavy atom. The fourth-order valence-electron chi connectivity index (χ4n) is 2.87. The molecule has 1 aliphatic rings. The number of rotatable bonds is 3. The Kier molecular flexibility index (Phi) is 3.82. The molecule has 3 rings (SSSR count). The Morgan fingerprint density at radius 1 is 1.04 bits per heavy atom. The van der Waals surface area contributed by atoms with Gasteiger partial charge in [0.25, 0.3) is 5.79 Å². The number of hydrogen-bond acceptors (Lipinski definition) is 7. The van der Waals surface area contributed by atoms with Gasteiger partial charge in [0.15, 0.2) is 6.10 Å². The van der Waals surface area contributed by atoms with Crippen LogP contribution >= 0.6 is 0 Å². The summed E-state index contributed by atoms with van der Waals surface area (Å²) in [7, 11) is 2.67. The van der Waals surface area contributed by atoms with E-state index in [0.717, 1.165) is 6.07 Å². The molecule has 2 aromatic carbocycles. The monoisotopic (exact) mass is 332 g/mol. The summed E-state index contributed by atoms with van der Waals surface area (Å²) in [5.41, 5.74) is 0.336. The van der Waals surface area contributed by atoms with Crippen molar-refractivity contribution in [2.24, 2.45) is 0 Å². The molecule has 2 unspecified atom stereocenters. The Balaban J connectivity index is 2.22. The minimum Gasteiger partial charge on any atom is -0.508 e. The van der Waals surface area contributed by atoms with E-state index in [1.165, 1.54) is 44.6 Å². The standard InChI is InChI=1S/C17H16O7/c1-22-16-15(21)14-12(20)7-11(19)8-13(14)24-17(16,23-2)9-3-5-10(18)6-4-9/h3-8,16,18-20H,1-2H3. The van der Waals surface area contributed by atoms with Gasteiger partial charge in [-0.2, -0.15) is 0 Å². The van der Waals surface area contributed by atoms with Crippen LogP contribution in [0.25, 0.3) is 0 Å². The first-order valence-corrected chi connectivity index (χ1v) is 7.09. The number of carbonyl (C=O) groups excluding carboxylic acids is 1. The third-order valence-corrected chi connectivity index (χ3v) is 3.97. The Morgan fingerprint density at radius 2 is 1.71 bits per heavy atom. The average Bonchev–Trinajstić information content (AvgIpc) is 2.54. The number of benzene rings is 2. The third kappa shape index (κ3) is 2.26. The number of phenolic OH excluding ortho intramolecular Hbond substituents is 3. The fraction of sp³-hybridized carbons (Fsp3) is 0.235. The van der Waals surface area contributed by atoms with Gasteiger partial charge in [0.2, 0.25) is 5.78 Å². The van der Waals surface area contributed by atoms with E-state index in [2.05, 4.69) is 0 Å². The smallest absolute Gasteiger partial charge is 0.271 e. The molecule has 24 heavy (non-hydrogen) atoms. The minimum absolute atomic E-state index is 0.0271. The van der Waals surface area contributed by atoms with Gasteiger partial charge in [0.1, 0.15) is 28.6 Å². The molecule has 0 saturated carbocycles. The lowest BCUT2D eigenvalue weighted by molar-refractivity contribution is -0.230. The molecule has 0 radical (unpaired) electrons. The van der Waals surface area contributed by atoms with Crippen molar-refractivity contribution in [1.82, 2.24) is 0 Å². The maximum atomic E-state index is 12.8. The highest BCUT2D eigenvalue weighted by molar-refractivity contribution is 6.06. The van der Waals surface area contributed by atoms with E-state index < -0.39 is 23.4 Å². The Labute approximate surface area is 137 Å². The zero-order chi connectivity index (χ0) is 17.5. The van der Waals surface area contributed by atoms with Gasteiger partial charge in [-0.05, 0) is 24.3 Å². The number of Topliss-reactive ketones (excluding diaryl/α,β-unsaturated/α-hetero) is 1. The SMILES string of the molecule is COC1C(=O)c2c(O)cc(O)cc2OC1(OC)c1ccc(O)cc1. The van der Waals surface area contributed by atoms with Crippen LogP contribution in [0.4, 0.5) is 0 Å². The van der Waals surface area contributed by atoms with E-state index in [1.54, 1.807) is 0 Å². The van der Waals surface area contributed by atoms with Crippen molar-refractivity contribution in [1.29, 1.82) is 0 Å². The molecule has 0 fully saturated rings. The zero-order valence-corrected chi connectivity index (χ0v) is 13.0. The molecule has 126 valence electrons. The van der Waals surface area contributed by atoms with Gasteiger partial charge in [0.05, 0.1) is 0 Å². The summed E-state index contributed by atoms with van der Waals surface area (Å²) in [6.45, 7) is 0. The van der Waals surface area contributed by atoms with E-state index in [1.807, 2.05) is 0 Å². The lowest BCUT2D eigenvalue weighted by Gasteiger charge is -2.41. The van der Waals surface area contributed by atoms with Crippen molar-refractivity contribution >= 4 is 5.78 Å². The molecule has 7 nitrogen and oxygen atoms in total. The second-order valence-corrected chi connectivity index (χ2v) is 5.34. The van der Waals surface area contributed by atoms with Crippen molar-refractivity contribution in [2.75, 3.05) is 14.2 Å². The van der Waals surface area contributed by atoms with Gasteiger partial charge in [0, 0.05) is 31.9 Å². The van der Waals surface area contributed by atoms with E-state index >= 15 is 0 Å². The molecule has 3 N–H and O–H groups in total. The van der Waals surface area contributed by atoms with Crippen molar-refractivity contribution in [3.63, 3.8) is 0 Å². The van der Waals surface area contributed by atoms with Gasteiger partial charge >= 0.3 is 0 Å². The summed E-state index contributed by atoms with van der Waals surface area (Å²) >= 11 is 0. The van der Waals surface area contributed by atoms with Crippen LogP contribution in [-0.2, 0) is 15.3 Å². The number of aromatic hydroxyl groups is 3. The normalized spacial score (nSPS) is 22.8. The van der Waals surface area contributed by atoms with Gasteiger partial charge in [-0.25, -0.2) is 0 Å². The first-order chi connectivity index (χ1) is 11.4. The molecule has 0 aliphatic carbocycles. The number of ether oxygens (including phenoxy) is 3. The molecule has 1 aliphatic heterocycles. The second kappa shape index (κ2) is 5.70. The average molecular weight is 332 g/mol. The predicted molar refractivity (Wildman–Crippen MR) is 82.3 cm³/mol. The second-order valence-electron chi connectivity index (χ2n) is 5.34. The molecular formula is C17H16O7. The number of carbonyl (C=O) groups is 1.